The van der Waals surface area contributed by atoms with E-state index in [2.05, 4.69) is 15.7 Å². The Labute approximate surface area is 292 Å². The minimum absolute atomic E-state index is 0.0358. The maximum absolute atomic E-state index is 14.1. The maximum Gasteiger partial charge on any atom is 0.531 e. The van der Waals surface area contributed by atoms with E-state index < -0.39 is 82.3 Å². The molecule has 1 rings (SSSR count). The highest BCUT2D eigenvalue weighted by atomic mass is 16.6. The first-order valence-corrected chi connectivity index (χ1v) is 16.7. The van der Waals surface area contributed by atoms with Gasteiger partial charge in [0, 0.05) is 20.5 Å². The van der Waals surface area contributed by atoms with Crippen LogP contribution in [0.15, 0.2) is 0 Å². The standard InChI is InChI=1S/C34H61N5O10/c1-17-18-34(15,45-16)25(36-21(2)40)24-22(19-23(26(41)46-30(3,4)5)39(24)29(44)49-33(12,13)14)35-20-38(28(43)48-32(9,10)11)37-27(42)47-31(6,7)8/h20,22-25H,17-19H2,1-16H3,(H,36,40)(H,37,42)/p+1/t22-,23-,24-,25-,34+/m1/s1. The van der Waals surface area contributed by atoms with Crippen molar-refractivity contribution < 1.29 is 52.6 Å². The lowest BCUT2D eigenvalue weighted by Gasteiger charge is -2.44. The van der Waals surface area contributed by atoms with Crippen molar-refractivity contribution in [3.63, 3.8) is 0 Å². The van der Waals surface area contributed by atoms with Crippen molar-refractivity contribution in [2.45, 2.75) is 175 Å². The Bertz CT molecular complexity index is 1210. The van der Waals surface area contributed by atoms with Crippen LogP contribution in [0.5, 0.6) is 0 Å². The van der Waals surface area contributed by atoms with E-state index in [1.165, 1.54) is 18.9 Å². The van der Waals surface area contributed by atoms with E-state index in [9.17, 15) is 24.0 Å². The van der Waals surface area contributed by atoms with Crippen LogP contribution in [-0.4, -0.2) is 106 Å². The molecule has 0 aromatic carbocycles. The van der Waals surface area contributed by atoms with Crippen molar-refractivity contribution in [1.29, 1.82) is 0 Å². The first kappa shape index (κ1) is 43.4. The van der Waals surface area contributed by atoms with Gasteiger partial charge in [0.2, 0.25) is 5.91 Å². The number of esters is 1. The van der Waals surface area contributed by atoms with Crippen molar-refractivity contribution in [1.82, 2.24) is 20.7 Å². The van der Waals surface area contributed by atoms with Crippen LogP contribution in [0.25, 0.3) is 0 Å². The molecule has 0 aromatic rings. The zero-order valence-electron chi connectivity index (χ0n) is 32.5. The predicted octanol–water partition coefficient (Wildman–Crippen LogP) is 3.57. The van der Waals surface area contributed by atoms with Gasteiger partial charge in [-0.1, -0.05) is 18.4 Å². The average Bonchev–Trinajstić information content (AvgIpc) is 3.25. The Hall–Kier alpha value is -3.62. The van der Waals surface area contributed by atoms with Gasteiger partial charge in [-0.2, -0.15) is 4.79 Å². The van der Waals surface area contributed by atoms with Crippen molar-refractivity contribution in [2.75, 3.05) is 7.11 Å². The second-order valence-corrected chi connectivity index (χ2v) is 16.5. The summed E-state index contributed by atoms with van der Waals surface area (Å²) in [5, 5.41) is 3.75. The SMILES string of the molecule is CCC[C@](C)(OC)[C@H](NC(C)=O)[C@H]1[C@H]([NH+]=CN(NC(=O)OC(C)(C)C)C(=O)OC(C)(C)C)C[C@H](C(=O)OC(C)(C)C)N1C(=O)OC(C)(C)C. The van der Waals surface area contributed by atoms with Crippen LogP contribution in [0.2, 0.25) is 0 Å². The molecule has 0 spiro atoms. The third-order valence-corrected chi connectivity index (χ3v) is 7.02. The molecule has 1 heterocycles. The third-order valence-electron chi connectivity index (χ3n) is 7.02. The normalized spacial score (nSPS) is 20.6. The fraction of sp³-hybridized carbons (Fsp3) is 0.824. The summed E-state index contributed by atoms with van der Waals surface area (Å²) in [6.07, 6.45) is -0.456. The van der Waals surface area contributed by atoms with Crippen LogP contribution in [0.4, 0.5) is 14.4 Å². The largest absolute Gasteiger partial charge is 0.531 e. The van der Waals surface area contributed by atoms with Gasteiger partial charge in [0.25, 0.3) is 6.34 Å². The molecule has 0 bridgehead atoms. The van der Waals surface area contributed by atoms with Crippen LogP contribution in [0.1, 0.15) is 123 Å². The van der Waals surface area contributed by atoms with E-state index in [4.69, 9.17) is 23.7 Å². The average molecular weight is 701 g/mol. The summed E-state index contributed by atoms with van der Waals surface area (Å²) in [5.41, 5.74) is -2.32. The van der Waals surface area contributed by atoms with Gasteiger partial charge in [0.1, 0.15) is 34.5 Å². The summed E-state index contributed by atoms with van der Waals surface area (Å²) >= 11 is 0. The Morgan fingerprint density at radius 3 is 1.78 bits per heavy atom. The van der Waals surface area contributed by atoms with E-state index >= 15 is 0 Å². The first-order valence-electron chi connectivity index (χ1n) is 16.7. The molecule has 0 saturated carbocycles. The summed E-state index contributed by atoms with van der Waals surface area (Å²) in [4.78, 5) is 71.2. The quantitative estimate of drug-likeness (QED) is 0.106. The molecule has 49 heavy (non-hydrogen) atoms. The van der Waals surface area contributed by atoms with Crippen LogP contribution >= 0.6 is 0 Å². The number of rotatable bonds is 9. The Balaban J connectivity index is 4.02. The Kier molecular flexibility index (Phi) is 14.5. The molecule has 1 fully saturated rings. The van der Waals surface area contributed by atoms with Crippen molar-refractivity contribution in [2.24, 2.45) is 0 Å². The molecule has 0 radical (unpaired) electrons. The van der Waals surface area contributed by atoms with Gasteiger partial charge in [0.15, 0.2) is 0 Å². The number of carbonyl (C=O) groups is 5. The van der Waals surface area contributed by atoms with Crippen molar-refractivity contribution in [3.8, 4) is 0 Å². The third kappa shape index (κ3) is 14.4. The molecular weight excluding hydrogens is 638 g/mol. The Morgan fingerprint density at radius 2 is 1.35 bits per heavy atom. The maximum atomic E-state index is 14.1. The molecular formula is C34H62N5O10+. The van der Waals surface area contributed by atoms with E-state index in [1.807, 2.05) is 13.8 Å². The fourth-order valence-electron chi connectivity index (χ4n) is 5.31. The van der Waals surface area contributed by atoms with E-state index in [1.54, 1.807) is 83.1 Å². The fourth-order valence-corrected chi connectivity index (χ4v) is 5.31. The van der Waals surface area contributed by atoms with E-state index in [0.717, 1.165) is 11.3 Å². The molecule has 1 aliphatic heterocycles. The van der Waals surface area contributed by atoms with Gasteiger partial charge in [-0.25, -0.2) is 14.4 Å². The lowest BCUT2D eigenvalue weighted by atomic mass is 9.83. The Morgan fingerprint density at radius 1 is 0.837 bits per heavy atom. The first-order chi connectivity index (χ1) is 22.0. The molecule has 4 amide bonds. The van der Waals surface area contributed by atoms with Gasteiger partial charge in [0.05, 0.1) is 17.7 Å². The number of ether oxygens (including phenoxy) is 5. The number of hydrazine groups is 1. The highest BCUT2D eigenvalue weighted by Gasteiger charge is 2.57. The molecule has 15 heteroatoms. The number of hydrogen-bond donors (Lipinski definition) is 3. The van der Waals surface area contributed by atoms with Gasteiger partial charge in [-0.05, 0) is 96.4 Å². The molecule has 0 aliphatic carbocycles. The van der Waals surface area contributed by atoms with Crippen molar-refractivity contribution >= 4 is 36.5 Å². The minimum Gasteiger partial charge on any atom is -0.458 e. The molecule has 3 N–H and O–H groups in total. The lowest BCUT2D eigenvalue weighted by molar-refractivity contribution is -0.506. The number of nitrogens with zero attached hydrogens (tertiary/aromatic N) is 2. The molecule has 0 aromatic heterocycles. The zero-order valence-corrected chi connectivity index (χ0v) is 32.5. The van der Waals surface area contributed by atoms with Crippen LogP contribution < -0.4 is 15.7 Å². The topological polar surface area (TPSA) is 176 Å². The summed E-state index contributed by atoms with van der Waals surface area (Å²) in [6, 6.07) is -3.95. The monoisotopic (exact) mass is 700 g/mol. The number of carbonyl (C=O) groups excluding carboxylic acids is 5. The van der Waals surface area contributed by atoms with Gasteiger partial charge < -0.3 is 29.0 Å². The zero-order chi connectivity index (χ0) is 38.3. The molecule has 0 unspecified atom stereocenters. The van der Waals surface area contributed by atoms with Gasteiger partial charge in [-0.15, -0.1) is 5.43 Å². The molecule has 282 valence electrons. The highest BCUT2D eigenvalue weighted by Crippen LogP contribution is 2.35. The second kappa shape index (κ2) is 16.4. The summed E-state index contributed by atoms with van der Waals surface area (Å²) in [7, 11) is 1.51. The molecule has 1 aliphatic rings. The summed E-state index contributed by atoms with van der Waals surface area (Å²) < 4.78 is 28.5. The molecule has 1 saturated heterocycles. The van der Waals surface area contributed by atoms with Crippen LogP contribution in [0, 0.1) is 0 Å². The van der Waals surface area contributed by atoms with Gasteiger partial charge in [-0.3, -0.25) is 14.7 Å². The molecule has 15 nitrogen and oxygen atoms in total. The number of hydrogen-bond acceptors (Lipinski definition) is 10. The number of likely N-dealkylation sites (tertiary alicyclic amines) is 1. The summed E-state index contributed by atoms with van der Waals surface area (Å²) in [6.45, 7) is 25.3. The highest BCUT2D eigenvalue weighted by molar-refractivity contribution is 5.85. The number of methoxy groups -OCH3 is 1. The smallest absolute Gasteiger partial charge is 0.458 e. The van der Waals surface area contributed by atoms with E-state index in [0.29, 0.717) is 12.8 Å². The lowest BCUT2D eigenvalue weighted by Crippen LogP contribution is -2.84. The number of amides is 4. The summed E-state index contributed by atoms with van der Waals surface area (Å²) in [5.74, 6) is -1.10. The molecule has 5 atom stereocenters. The van der Waals surface area contributed by atoms with E-state index in [-0.39, 0.29) is 6.42 Å². The second-order valence-electron chi connectivity index (χ2n) is 16.5. The van der Waals surface area contributed by atoms with Gasteiger partial charge >= 0.3 is 24.2 Å². The van der Waals surface area contributed by atoms with Crippen molar-refractivity contribution in [3.05, 3.63) is 0 Å². The van der Waals surface area contributed by atoms with Crippen LogP contribution in [-0.2, 0) is 33.3 Å². The predicted molar refractivity (Wildman–Crippen MR) is 182 cm³/mol. The number of nitrogens with one attached hydrogen (secondary N) is 3. The van der Waals surface area contributed by atoms with Crippen LogP contribution in [0.3, 0.4) is 0 Å². The minimum atomic E-state index is -1.18.